The minimum atomic E-state index is -0.172. The zero-order valence-corrected chi connectivity index (χ0v) is 10.6. The zero-order chi connectivity index (χ0) is 13.7. The molecule has 4 rings (SSSR count). The van der Waals surface area contributed by atoms with Gasteiger partial charge in [-0.25, -0.2) is 0 Å². The average molecular weight is 258 g/mol. The number of carbonyl (C=O) groups is 1. The van der Waals surface area contributed by atoms with Gasteiger partial charge in [-0.1, -0.05) is 23.9 Å². The van der Waals surface area contributed by atoms with Crippen molar-refractivity contribution in [3.05, 3.63) is 83.3 Å². The Morgan fingerprint density at radius 1 is 0.900 bits per heavy atom. The van der Waals surface area contributed by atoms with Crippen LogP contribution in [0.4, 0.5) is 0 Å². The van der Waals surface area contributed by atoms with Crippen molar-refractivity contribution >= 4 is 16.6 Å². The second kappa shape index (κ2) is 3.87. The van der Waals surface area contributed by atoms with Gasteiger partial charge in [0.1, 0.15) is 5.56 Å². The summed E-state index contributed by atoms with van der Waals surface area (Å²) in [6.07, 6.45) is 1.92. The van der Waals surface area contributed by atoms with E-state index in [2.05, 4.69) is 0 Å². The van der Waals surface area contributed by atoms with Crippen molar-refractivity contribution in [1.82, 2.24) is 0 Å². The Labute approximate surface area is 116 Å². The molecule has 1 aliphatic carbocycles. The van der Waals surface area contributed by atoms with E-state index in [1.165, 1.54) is 0 Å². The first-order valence-electron chi connectivity index (χ1n) is 6.47. The Morgan fingerprint density at radius 3 is 2.55 bits per heavy atom. The van der Waals surface area contributed by atoms with E-state index in [0.29, 0.717) is 16.5 Å². The minimum absolute atomic E-state index is 0.172. The molecule has 3 aromatic carbocycles. The number of benzene rings is 3. The van der Waals surface area contributed by atoms with Crippen LogP contribution in [0.1, 0.15) is 27.0 Å². The number of hydrogen-bond acceptors (Lipinski definition) is 2. The fourth-order valence-electron chi connectivity index (χ4n) is 2.82. The van der Waals surface area contributed by atoms with Crippen molar-refractivity contribution in [1.29, 1.82) is 0 Å². The lowest BCUT2D eigenvalue weighted by Crippen LogP contribution is -2.16. The summed E-state index contributed by atoms with van der Waals surface area (Å²) in [5, 5.41) is 14.0. The highest BCUT2D eigenvalue weighted by Gasteiger charge is 2.31. The SMILES string of the molecule is O=C1c2ccccc2[CH+]c2cc3ccccc3c([O-])c21. The van der Waals surface area contributed by atoms with Gasteiger partial charge in [0, 0.05) is 23.9 Å². The van der Waals surface area contributed by atoms with Gasteiger partial charge in [-0.15, -0.1) is 0 Å². The van der Waals surface area contributed by atoms with Crippen LogP contribution >= 0.6 is 0 Å². The summed E-state index contributed by atoms with van der Waals surface area (Å²) in [5.74, 6) is -0.345. The zero-order valence-electron chi connectivity index (χ0n) is 10.6. The lowest BCUT2D eigenvalue weighted by molar-refractivity contribution is -0.266. The quantitative estimate of drug-likeness (QED) is 0.455. The molecule has 2 heteroatoms. The lowest BCUT2D eigenvalue weighted by Gasteiger charge is -2.19. The van der Waals surface area contributed by atoms with Crippen LogP contribution in [-0.4, -0.2) is 5.78 Å². The summed E-state index contributed by atoms with van der Waals surface area (Å²) in [4.78, 5) is 12.6. The van der Waals surface area contributed by atoms with Crippen LogP contribution in [0.2, 0.25) is 0 Å². The van der Waals surface area contributed by atoms with Crippen LogP contribution in [0.15, 0.2) is 54.6 Å². The normalized spacial score (nSPS) is 12.7. The van der Waals surface area contributed by atoms with E-state index >= 15 is 0 Å². The van der Waals surface area contributed by atoms with Crippen LogP contribution in [0.3, 0.4) is 0 Å². The van der Waals surface area contributed by atoms with Crippen molar-refractivity contribution in [2.24, 2.45) is 0 Å². The van der Waals surface area contributed by atoms with Crippen molar-refractivity contribution < 1.29 is 9.90 Å². The summed E-state index contributed by atoms with van der Waals surface area (Å²) >= 11 is 0. The lowest BCUT2D eigenvalue weighted by atomic mass is 9.83. The van der Waals surface area contributed by atoms with Gasteiger partial charge in [-0.2, -0.15) is 0 Å². The molecule has 0 aliphatic heterocycles. The molecule has 0 unspecified atom stereocenters. The highest BCUT2D eigenvalue weighted by atomic mass is 16.3. The van der Waals surface area contributed by atoms with Gasteiger partial charge < -0.3 is 5.11 Å². The standard InChI is InChI=1S/C18H10O2/c19-17-14-7-3-1-5-11(14)9-13-10-12-6-2-4-8-15(12)18(20)16(13)17/h1-10H. The van der Waals surface area contributed by atoms with Crippen molar-refractivity contribution in [2.75, 3.05) is 0 Å². The Bertz CT molecular complexity index is 862. The highest BCUT2D eigenvalue weighted by Crippen LogP contribution is 2.37. The maximum Gasteiger partial charge on any atom is 0.259 e. The van der Waals surface area contributed by atoms with Crippen molar-refractivity contribution in [2.45, 2.75) is 0 Å². The molecule has 0 aromatic heterocycles. The molecule has 0 heterocycles. The Hall–Kier alpha value is -2.74. The fraction of sp³-hybridized carbons (Fsp3) is 0. The average Bonchev–Trinajstić information content (AvgIpc) is 2.47. The summed E-state index contributed by atoms with van der Waals surface area (Å²) in [6, 6.07) is 16.7. The summed E-state index contributed by atoms with van der Waals surface area (Å²) in [7, 11) is 0. The number of rotatable bonds is 0. The minimum Gasteiger partial charge on any atom is -0.866 e. The third kappa shape index (κ3) is 1.39. The summed E-state index contributed by atoms with van der Waals surface area (Å²) < 4.78 is 0. The van der Waals surface area contributed by atoms with Gasteiger partial charge in [-0.05, 0) is 29.7 Å². The predicted molar refractivity (Wildman–Crippen MR) is 75.8 cm³/mol. The second-order valence-electron chi connectivity index (χ2n) is 4.95. The largest absolute Gasteiger partial charge is 0.866 e. The number of ketones is 1. The van der Waals surface area contributed by atoms with Gasteiger partial charge in [0.2, 0.25) is 0 Å². The van der Waals surface area contributed by atoms with E-state index in [1.807, 2.05) is 48.9 Å². The fourth-order valence-corrected chi connectivity index (χ4v) is 2.82. The molecule has 1 aliphatic rings. The molecule has 2 nitrogen and oxygen atoms in total. The predicted octanol–water partition coefficient (Wildman–Crippen LogP) is 3.06. The third-order valence-corrected chi connectivity index (χ3v) is 3.78. The highest BCUT2D eigenvalue weighted by molar-refractivity contribution is 6.17. The molecule has 0 spiro atoms. The molecule has 0 atom stereocenters. The Balaban J connectivity index is 2.06. The van der Waals surface area contributed by atoms with Crippen LogP contribution in [0, 0.1) is 6.42 Å². The van der Waals surface area contributed by atoms with E-state index < -0.39 is 0 Å². The molecule has 94 valence electrons. The molecule has 0 saturated carbocycles. The molecule has 0 fully saturated rings. The van der Waals surface area contributed by atoms with E-state index in [0.717, 1.165) is 16.5 Å². The molecule has 0 saturated heterocycles. The van der Waals surface area contributed by atoms with Crippen molar-refractivity contribution in [3.8, 4) is 5.75 Å². The molecule has 0 amide bonds. The first-order valence-corrected chi connectivity index (χ1v) is 6.47. The number of fused-ring (bicyclic) bond motifs is 3. The summed E-state index contributed by atoms with van der Waals surface area (Å²) in [6.45, 7) is 0. The monoisotopic (exact) mass is 258 g/mol. The smallest absolute Gasteiger partial charge is 0.259 e. The van der Waals surface area contributed by atoms with Gasteiger partial charge in [0.25, 0.3) is 5.78 Å². The molecule has 0 radical (unpaired) electrons. The van der Waals surface area contributed by atoms with Gasteiger partial charge in [0.05, 0.1) is 16.7 Å². The molecular formula is C18H10O2. The van der Waals surface area contributed by atoms with Crippen LogP contribution in [-0.2, 0) is 0 Å². The molecular weight excluding hydrogens is 248 g/mol. The van der Waals surface area contributed by atoms with Crippen molar-refractivity contribution in [3.63, 3.8) is 0 Å². The van der Waals surface area contributed by atoms with Crippen LogP contribution < -0.4 is 5.11 Å². The molecule has 3 aromatic rings. The van der Waals surface area contributed by atoms with E-state index in [1.54, 1.807) is 12.1 Å². The van der Waals surface area contributed by atoms with E-state index in [9.17, 15) is 9.90 Å². The third-order valence-electron chi connectivity index (χ3n) is 3.78. The summed E-state index contributed by atoms with van der Waals surface area (Å²) in [5.41, 5.74) is 2.49. The first-order chi connectivity index (χ1) is 9.75. The van der Waals surface area contributed by atoms with Gasteiger partial charge in [-0.3, -0.25) is 4.79 Å². The van der Waals surface area contributed by atoms with Gasteiger partial charge in [0.15, 0.2) is 0 Å². The maximum absolute atomic E-state index is 12.6. The van der Waals surface area contributed by atoms with Crippen LogP contribution in [0.5, 0.6) is 5.75 Å². The first kappa shape index (κ1) is 11.1. The van der Waals surface area contributed by atoms with E-state index in [-0.39, 0.29) is 11.5 Å². The number of hydrogen-bond donors (Lipinski definition) is 0. The second-order valence-corrected chi connectivity index (χ2v) is 4.95. The van der Waals surface area contributed by atoms with Crippen LogP contribution in [0.25, 0.3) is 10.8 Å². The molecule has 0 bridgehead atoms. The maximum atomic E-state index is 12.6. The molecule has 0 N–H and O–H groups in total. The topological polar surface area (TPSA) is 40.1 Å². The van der Waals surface area contributed by atoms with Gasteiger partial charge >= 0.3 is 0 Å². The Kier molecular flexibility index (Phi) is 2.15. The molecule has 20 heavy (non-hydrogen) atoms. The Morgan fingerprint density at radius 2 is 1.65 bits per heavy atom. The van der Waals surface area contributed by atoms with E-state index in [4.69, 9.17) is 0 Å². The number of carbonyl (C=O) groups excluding carboxylic acids is 1.